The number of aromatic nitrogens is 2. The average molecular weight is 354 g/mol. The summed E-state index contributed by atoms with van der Waals surface area (Å²) in [7, 11) is 0. The first kappa shape index (κ1) is 17.6. The van der Waals surface area contributed by atoms with E-state index in [4.69, 9.17) is 10.5 Å². The lowest BCUT2D eigenvalue weighted by atomic mass is 10.2. The molecule has 7 heteroatoms. The number of hydrogen-bond donors (Lipinski definition) is 2. The summed E-state index contributed by atoms with van der Waals surface area (Å²) in [5, 5.41) is 23.6. The van der Waals surface area contributed by atoms with Crippen LogP contribution in [-0.4, -0.2) is 15.9 Å². The fraction of sp³-hybridized carbons (Fsp3) is 0.0500. The predicted molar refractivity (Wildman–Crippen MR) is 100 cm³/mol. The van der Waals surface area contributed by atoms with Gasteiger partial charge >= 0.3 is 0 Å². The molecule has 0 aliphatic heterocycles. The first-order valence-electron chi connectivity index (χ1n) is 8.02. The molecule has 0 fully saturated rings. The zero-order valence-electron chi connectivity index (χ0n) is 14.4. The smallest absolute Gasteiger partial charge is 0.274 e. The second-order valence-corrected chi connectivity index (χ2v) is 5.65. The molecule has 3 rings (SSSR count). The molecule has 0 bridgehead atoms. The molecule has 0 aliphatic rings. The van der Waals surface area contributed by atoms with Crippen molar-refractivity contribution in [1.29, 1.82) is 10.5 Å². The third-order valence-corrected chi connectivity index (χ3v) is 3.61. The Balaban J connectivity index is 1.80. The van der Waals surface area contributed by atoms with E-state index in [1.807, 2.05) is 6.07 Å². The van der Waals surface area contributed by atoms with Crippen LogP contribution in [0.15, 0.2) is 54.6 Å². The van der Waals surface area contributed by atoms with Gasteiger partial charge in [-0.3, -0.25) is 4.79 Å². The fourth-order valence-corrected chi connectivity index (χ4v) is 2.39. The molecule has 130 valence electrons. The molecule has 1 aromatic heterocycles. The summed E-state index contributed by atoms with van der Waals surface area (Å²) in [5.74, 6) is 0.489. The number of carbonyl (C=O) groups excluding carboxylic acids is 1. The number of hydrogen-bond acceptors (Lipinski definition) is 6. The van der Waals surface area contributed by atoms with E-state index in [0.717, 1.165) is 0 Å². The molecular weight excluding hydrogens is 340 g/mol. The van der Waals surface area contributed by atoms with Gasteiger partial charge in [0.05, 0.1) is 23.3 Å². The Morgan fingerprint density at radius 2 is 1.67 bits per heavy atom. The van der Waals surface area contributed by atoms with Gasteiger partial charge < -0.3 is 10.6 Å². The molecule has 2 aromatic carbocycles. The van der Waals surface area contributed by atoms with Crippen molar-refractivity contribution in [2.24, 2.45) is 0 Å². The van der Waals surface area contributed by atoms with Crippen molar-refractivity contribution in [2.75, 3.05) is 10.6 Å². The molecule has 0 unspecified atom stereocenters. The number of nitrogens with zero attached hydrogens (tertiary/aromatic N) is 4. The molecule has 2 N–H and O–H groups in total. The third-order valence-electron chi connectivity index (χ3n) is 3.61. The van der Waals surface area contributed by atoms with Crippen LogP contribution in [-0.2, 0) is 0 Å². The summed E-state index contributed by atoms with van der Waals surface area (Å²) < 4.78 is 0. The number of anilines is 3. The summed E-state index contributed by atoms with van der Waals surface area (Å²) in [4.78, 5) is 20.9. The molecule has 1 heterocycles. The number of carbonyl (C=O) groups is 1. The molecule has 0 spiro atoms. The van der Waals surface area contributed by atoms with Gasteiger partial charge in [-0.2, -0.15) is 10.5 Å². The van der Waals surface area contributed by atoms with E-state index in [-0.39, 0.29) is 11.6 Å². The number of rotatable bonds is 4. The molecule has 3 aromatic rings. The minimum Gasteiger partial charge on any atom is -0.340 e. The monoisotopic (exact) mass is 354 g/mol. The SMILES string of the molecule is Cc1nc(Nc2cccc(C#N)c2)cc(C(=O)Nc2ccc(C#N)cc2)n1. The van der Waals surface area contributed by atoms with E-state index in [2.05, 4.69) is 26.7 Å². The van der Waals surface area contributed by atoms with Crippen LogP contribution in [0.2, 0.25) is 0 Å². The maximum Gasteiger partial charge on any atom is 0.274 e. The van der Waals surface area contributed by atoms with Crippen LogP contribution in [0.3, 0.4) is 0 Å². The number of amides is 1. The lowest BCUT2D eigenvalue weighted by molar-refractivity contribution is 0.102. The van der Waals surface area contributed by atoms with Gasteiger partial charge in [0.2, 0.25) is 0 Å². The Morgan fingerprint density at radius 3 is 2.37 bits per heavy atom. The number of nitrogens with one attached hydrogen (secondary N) is 2. The summed E-state index contributed by atoms with van der Waals surface area (Å²) >= 11 is 0. The Kier molecular flexibility index (Phi) is 5.06. The van der Waals surface area contributed by atoms with E-state index in [1.165, 1.54) is 6.07 Å². The van der Waals surface area contributed by atoms with Gasteiger partial charge in [0, 0.05) is 17.4 Å². The average Bonchev–Trinajstić information content (AvgIpc) is 2.68. The van der Waals surface area contributed by atoms with Crippen molar-refractivity contribution in [1.82, 2.24) is 9.97 Å². The van der Waals surface area contributed by atoms with E-state index in [9.17, 15) is 4.79 Å². The number of nitriles is 2. The zero-order valence-corrected chi connectivity index (χ0v) is 14.4. The summed E-state index contributed by atoms with van der Waals surface area (Å²) in [6.07, 6.45) is 0. The largest absolute Gasteiger partial charge is 0.340 e. The second kappa shape index (κ2) is 7.77. The van der Waals surface area contributed by atoms with Gasteiger partial charge in [-0.1, -0.05) is 6.07 Å². The highest BCUT2D eigenvalue weighted by Crippen LogP contribution is 2.17. The first-order valence-corrected chi connectivity index (χ1v) is 8.02. The molecule has 0 saturated heterocycles. The van der Waals surface area contributed by atoms with Crippen LogP contribution >= 0.6 is 0 Å². The highest BCUT2D eigenvalue weighted by atomic mass is 16.1. The zero-order chi connectivity index (χ0) is 19.2. The van der Waals surface area contributed by atoms with Crippen molar-refractivity contribution < 1.29 is 4.79 Å². The molecule has 0 atom stereocenters. The van der Waals surface area contributed by atoms with Crippen LogP contribution in [0.1, 0.15) is 27.4 Å². The van der Waals surface area contributed by atoms with Crippen molar-refractivity contribution in [3.8, 4) is 12.1 Å². The normalized spacial score (nSPS) is 9.74. The lowest BCUT2D eigenvalue weighted by Crippen LogP contribution is -2.15. The van der Waals surface area contributed by atoms with Crippen molar-refractivity contribution in [3.63, 3.8) is 0 Å². The summed E-state index contributed by atoms with van der Waals surface area (Å²) in [5.41, 5.74) is 2.48. The molecular formula is C20H14N6O. The van der Waals surface area contributed by atoms with Gasteiger partial charge in [0.25, 0.3) is 5.91 Å². The molecule has 0 saturated carbocycles. The molecule has 0 aliphatic carbocycles. The Bertz CT molecular complexity index is 1080. The summed E-state index contributed by atoms with van der Waals surface area (Å²) in [6.45, 7) is 1.69. The predicted octanol–water partition coefficient (Wildman–Crippen LogP) is 3.52. The van der Waals surface area contributed by atoms with Crippen LogP contribution in [0, 0.1) is 29.6 Å². The fourth-order valence-electron chi connectivity index (χ4n) is 2.39. The quantitative estimate of drug-likeness (QED) is 0.741. The molecule has 7 nitrogen and oxygen atoms in total. The highest BCUT2D eigenvalue weighted by Gasteiger charge is 2.11. The van der Waals surface area contributed by atoms with Gasteiger partial charge in [0.1, 0.15) is 17.3 Å². The maximum absolute atomic E-state index is 12.5. The Labute approximate surface area is 155 Å². The summed E-state index contributed by atoms with van der Waals surface area (Å²) in [6, 6.07) is 19.1. The van der Waals surface area contributed by atoms with Gasteiger partial charge in [-0.15, -0.1) is 0 Å². The third kappa shape index (κ3) is 4.44. The van der Waals surface area contributed by atoms with E-state index in [0.29, 0.717) is 34.1 Å². The molecule has 1 amide bonds. The Hall–Kier alpha value is -4.23. The van der Waals surface area contributed by atoms with Crippen molar-refractivity contribution in [3.05, 3.63) is 77.2 Å². The standard InChI is InChI=1S/C20H14N6O/c1-13-23-18(20(27)26-16-7-5-14(11-21)6-8-16)10-19(24-13)25-17-4-2-3-15(9-17)12-22/h2-10H,1H3,(H,26,27)(H,23,24,25). The minimum absolute atomic E-state index is 0.200. The van der Waals surface area contributed by atoms with Crippen molar-refractivity contribution in [2.45, 2.75) is 6.92 Å². The lowest BCUT2D eigenvalue weighted by Gasteiger charge is -2.09. The highest BCUT2D eigenvalue weighted by molar-refractivity contribution is 6.03. The van der Waals surface area contributed by atoms with Crippen LogP contribution in [0.4, 0.5) is 17.2 Å². The van der Waals surface area contributed by atoms with Gasteiger partial charge in [0.15, 0.2) is 0 Å². The molecule has 0 radical (unpaired) electrons. The molecule has 27 heavy (non-hydrogen) atoms. The van der Waals surface area contributed by atoms with Gasteiger partial charge in [-0.25, -0.2) is 9.97 Å². The van der Waals surface area contributed by atoms with E-state index < -0.39 is 0 Å². The van der Waals surface area contributed by atoms with E-state index >= 15 is 0 Å². The van der Waals surface area contributed by atoms with Gasteiger partial charge in [-0.05, 0) is 49.4 Å². The van der Waals surface area contributed by atoms with Crippen molar-refractivity contribution >= 4 is 23.1 Å². The number of aryl methyl sites for hydroxylation is 1. The van der Waals surface area contributed by atoms with Crippen LogP contribution in [0.25, 0.3) is 0 Å². The first-order chi connectivity index (χ1) is 13.1. The van der Waals surface area contributed by atoms with E-state index in [1.54, 1.807) is 55.5 Å². The number of benzene rings is 2. The second-order valence-electron chi connectivity index (χ2n) is 5.65. The Morgan fingerprint density at radius 1 is 0.926 bits per heavy atom. The van der Waals surface area contributed by atoms with Crippen LogP contribution < -0.4 is 10.6 Å². The maximum atomic E-state index is 12.5. The minimum atomic E-state index is -0.390. The van der Waals surface area contributed by atoms with Crippen LogP contribution in [0.5, 0.6) is 0 Å². The topological polar surface area (TPSA) is 114 Å².